The second kappa shape index (κ2) is 5.41. The summed E-state index contributed by atoms with van der Waals surface area (Å²) in [5.74, 6) is 1.27. The van der Waals surface area contributed by atoms with E-state index < -0.39 is 0 Å². The molecule has 0 radical (unpaired) electrons. The van der Waals surface area contributed by atoms with E-state index in [2.05, 4.69) is 9.97 Å². The minimum absolute atomic E-state index is 0.148. The summed E-state index contributed by atoms with van der Waals surface area (Å²) in [6, 6.07) is 9.50. The standard InChI is InChI=1S/C13H14N2O2/c1-2-17-11-5-3-10(4-6-11)12-7-8-14-13(9-16)15-12/h3-8,16H,2,9H2,1H3. The Morgan fingerprint density at radius 1 is 1.18 bits per heavy atom. The smallest absolute Gasteiger partial charge is 0.154 e. The number of aromatic nitrogens is 2. The van der Waals surface area contributed by atoms with Crippen LogP contribution in [0.4, 0.5) is 0 Å². The first kappa shape index (κ1) is 11.5. The van der Waals surface area contributed by atoms with E-state index in [1.54, 1.807) is 6.20 Å². The Balaban J connectivity index is 2.26. The second-order valence-corrected chi connectivity index (χ2v) is 3.47. The third-order valence-corrected chi connectivity index (χ3v) is 2.31. The molecular formula is C13H14N2O2. The molecule has 4 nitrogen and oxygen atoms in total. The zero-order chi connectivity index (χ0) is 12.1. The fourth-order valence-corrected chi connectivity index (χ4v) is 1.52. The number of aliphatic hydroxyl groups excluding tert-OH is 1. The molecule has 0 aliphatic carbocycles. The van der Waals surface area contributed by atoms with E-state index in [9.17, 15) is 0 Å². The normalized spacial score (nSPS) is 10.2. The topological polar surface area (TPSA) is 55.2 Å². The predicted octanol–water partition coefficient (Wildman–Crippen LogP) is 2.03. The fraction of sp³-hybridized carbons (Fsp3) is 0.231. The van der Waals surface area contributed by atoms with Gasteiger partial charge in [-0.05, 0) is 37.3 Å². The third kappa shape index (κ3) is 2.79. The van der Waals surface area contributed by atoms with E-state index >= 15 is 0 Å². The molecule has 2 rings (SSSR count). The Bertz CT molecular complexity index is 483. The first-order chi connectivity index (χ1) is 8.33. The summed E-state index contributed by atoms with van der Waals surface area (Å²) in [4.78, 5) is 8.18. The van der Waals surface area contributed by atoms with Crippen LogP contribution >= 0.6 is 0 Å². The SMILES string of the molecule is CCOc1ccc(-c2ccnc(CO)n2)cc1. The highest BCUT2D eigenvalue weighted by Gasteiger charge is 2.01. The second-order valence-electron chi connectivity index (χ2n) is 3.47. The van der Waals surface area contributed by atoms with Gasteiger partial charge in [0, 0.05) is 11.8 Å². The maximum atomic E-state index is 8.98. The predicted molar refractivity (Wildman–Crippen MR) is 64.6 cm³/mol. The van der Waals surface area contributed by atoms with E-state index in [0.717, 1.165) is 17.0 Å². The Morgan fingerprint density at radius 2 is 1.94 bits per heavy atom. The van der Waals surface area contributed by atoms with E-state index in [0.29, 0.717) is 12.4 Å². The van der Waals surface area contributed by atoms with Crippen LogP contribution in [0.2, 0.25) is 0 Å². The number of hydrogen-bond donors (Lipinski definition) is 1. The van der Waals surface area contributed by atoms with Gasteiger partial charge in [-0.15, -0.1) is 0 Å². The van der Waals surface area contributed by atoms with Gasteiger partial charge in [0.25, 0.3) is 0 Å². The van der Waals surface area contributed by atoms with E-state index in [1.165, 1.54) is 0 Å². The molecule has 0 aliphatic rings. The van der Waals surface area contributed by atoms with Gasteiger partial charge in [-0.3, -0.25) is 0 Å². The van der Waals surface area contributed by atoms with Gasteiger partial charge in [-0.2, -0.15) is 0 Å². The van der Waals surface area contributed by atoms with Crippen molar-refractivity contribution in [3.63, 3.8) is 0 Å². The van der Waals surface area contributed by atoms with E-state index in [-0.39, 0.29) is 6.61 Å². The quantitative estimate of drug-likeness (QED) is 0.873. The molecule has 0 saturated carbocycles. The first-order valence-corrected chi connectivity index (χ1v) is 5.49. The van der Waals surface area contributed by atoms with Crippen molar-refractivity contribution in [1.29, 1.82) is 0 Å². The highest BCUT2D eigenvalue weighted by molar-refractivity contribution is 5.59. The zero-order valence-corrected chi connectivity index (χ0v) is 9.63. The van der Waals surface area contributed by atoms with E-state index in [1.807, 2.05) is 37.3 Å². The van der Waals surface area contributed by atoms with Crippen LogP contribution in [0, 0.1) is 0 Å². The molecule has 1 aromatic heterocycles. The van der Waals surface area contributed by atoms with Crippen molar-refractivity contribution in [1.82, 2.24) is 9.97 Å². The summed E-state index contributed by atoms with van der Waals surface area (Å²) >= 11 is 0. The van der Waals surface area contributed by atoms with Crippen molar-refractivity contribution in [3.8, 4) is 17.0 Å². The highest BCUT2D eigenvalue weighted by Crippen LogP contribution is 2.20. The third-order valence-electron chi connectivity index (χ3n) is 2.31. The van der Waals surface area contributed by atoms with Gasteiger partial charge in [-0.25, -0.2) is 9.97 Å². The van der Waals surface area contributed by atoms with Gasteiger partial charge in [0.1, 0.15) is 12.4 Å². The Labute approximate surface area is 99.9 Å². The van der Waals surface area contributed by atoms with Crippen molar-refractivity contribution in [2.75, 3.05) is 6.61 Å². The molecule has 0 spiro atoms. The van der Waals surface area contributed by atoms with Crippen LogP contribution in [0.15, 0.2) is 36.5 Å². The van der Waals surface area contributed by atoms with E-state index in [4.69, 9.17) is 9.84 Å². The lowest BCUT2D eigenvalue weighted by molar-refractivity contribution is 0.271. The number of rotatable bonds is 4. The van der Waals surface area contributed by atoms with Crippen LogP contribution < -0.4 is 4.74 Å². The molecular weight excluding hydrogens is 216 g/mol. The Hall–Kier alpha value is -1.94. The summed E-state index contributed by atoms with van der Waals surface area (Å²) in [5, 5.41) is 8.98. The number of ether oxygens (including phenoxy) is 1. The molecule has 1 N–H and O–H groups in total. The summed E-state index contributed by atoms with van der Waals surface area (Å²) in [7, 11) is 0. The molecule has 0 unspecified atom stereocenters. The molecule has 88 valence electrons. The number of aliphatic hydroxyl groups is 1. The maximum Gasteiger partial charge on any atom is 0.154 e. The monoisotopic (exact) mass is 230 g/mol. The maximum absolute atomic E-state index is 8.98. The molecule has 0 fully saturated rings. The van der Waals surface area contributed by atoms with Gasteiger partial charge in [0.05, 0.1) is 12.3 Å². The zero-order valence-electron chi connectivity index (χ0n) is 9.63. The lowest BCUT2D eigenvalue weighted by atomic mass is 10.1. The van der Waals surface area contributed by atoms with Crippen LogP contribution in [-0.4, -0.2) is 21.7 Å². The van der Waals surface area contributed by atoms with Crippen LogP contribution in [0.5, 0.6) is 5.75 Å². The van der Waals surface area contributed by atoms with Gasteiger partial charge in [0.15, 0.2) is 5.82 Å². The summed E-state index contributed by atoms with van der Waals surface area (Å²) in [5.41, 5.74) is 1.78. The Kier molecular flexibility index (Phi) is 3.67. The summed E-state index contributed by atoms with van der Waals surface area (Å²) in [6.45, 7) is 2.46. The van der Waals surface area contributed by atoms with Gasteiger partial charge in [-0.1, -0.05) is 0 Å². The van der Waals surface area contributed by atoms with Crippen LogP contribution in [0.1, 0.15) is 12.7 Å². The van der Waals surface area contributed by atoms with Gasteiger partial charge < -0.3 is 9.84 Å². The first-order valence-electron chi connectivity index (χ1n) is 5.49. The molecule has 2 aromatic rings. The fourth-order valence-electron chi connectivity index (χ4n) is 1.52. The number of hydrogen-bond acceptors (Lipinski definition) is 4. The number of nitrogens with zero attached hydrogens (tertiary/aromatic N) is 2. The molecule has 1 aromatic carbocycles. The minimum Gasteiger partial charge on any atom is -0.494 e. The van der Waals surface area contributed by atoms with Crippen molar-refractivity contribution < 1.29 is 9.84 Å². The van der Waals surface area contributed by atoms with Crippen molar-refractivity contribution in [2.24, 2.45) is 0 Å². The molecule has 0 amide bonds. The van der Waals surface area contributed by atoms with Crippen molar-refractivity contribution in [3.05, 3.63) is 42.4 Å². The molecule has 1 heterocycles. The minimum atomic E-state index is -0.148. The number of benzene rings is 1. The van der Waals surface area contributed by atoms with Crippen LogP contribution in [0.3, 0.4) is 0 Å². The lowest BCUT2D eigenvalue weighted by Crippen LogP contribution is -1.95. The molecule has 4 heteroatoms. The average molecular weight is 230 g/mol. The largest absolute Gasteiger partial charge is 0.494 e. The molecule has 0 atom stereocenters. The highest BCUT2D eigenvalue weighted by atomic mass is 16.5. The van der Waals surface area contributed by atoms with Gasteiger partial charge >= 0.3 is 0 Å². The van der Waals surface area contributed by atoms with Crippen molar-refractivity contribution >= 4 is 0 Å². The summed E-state index contributed by atoms with van der Waals surface area (Å²) in [6.07, 6.45) is 1.64. The molecule has 0 saturated heterocycles. The van der Waals surface area contributed by atoms with Crippen molar-refractivity contribution in [2.45, 2.75) is 13.5 Å². The van der Waals surface area contributed by atoms with Crippen LogP contribution in [0.25, 0.3) is 11.3 Å². The summed E-state index contributed by atoms with van der Waals surface area (Å²) < 4.78 is 5.37. The van der Waals surface area contributed by atoms with Gasteiger partial charge in [0.2, 0.25) is 0 Å². The molecule has 0 bridgehead atoms. The molecule has 0 aliphatic heterocycles. The average Bonchev–Trinajstić information content (AvgIpc) is 2.40. The van der Waals surface area contributed by atoms with Crippen LogP contribution in [-0.2, 0) is 6.61 Å². The molecule has 17 heavy (non-hydrogen) atoms. The lowest BCUT2D eigenvalue weighted by Gasteiger charge is -2.05. The Morgan fingerprint density at radius 3 is 2.59 bits per heavy atom.